The van der Waals surface area contributed by atoms with Crippen molar-refractivity contribution in [2.24, 2.45) is 0 Å². The van der Waals surface area contributed by atoms with Crippen LogP contribution in [0.1, 0.15) is 30.1 Å². The minimum atomic E-state index is -0.339. The van der Waals surface area contributed by atoms with Crippen molar-refractivity contribution in [2.75, 3.05) is 13.2 Å². The van der Waals surface area contributed by atoms with Crippen LogP contribution >= 0.6 is 0 Å². The first-order valence-corrected chi connectivity index (χ1v) is 6.24. The predicted molar refractivity (Wildman–Crippen MR) is 67.1 cm³/mol. The number of benzene rings is 1. The van der Waals surface area contributed by atoms with Crippen LogP contribution in [0.25, 0.3) is 0 Å². The van der Waals surface area contributed by atoms with Gasteiger partial charge in [-0.25, -0.2) is 0 Å². The van der Waals surface area contributed by atoms with Crippen LogP contribution < -0.4 is 0 Å². The van der Waals surface area contributed by atoms with Crippen LogP contribution in [0, 0.1) is 0 Å². The number of amides is 1. The largest absolute Gasteiger partial charge is 0.465 e. The summed E-state index contributed by atoms with van der Waals surface area (Å²) in [7, 11) is 0. The van der Waals surface area contributed by atoms with E-state index >= 15 is 0 Å². The van der Waals surface area contributed by atoms with Crippen LogP contribution in [-0.4, -0.2) is 36.0 Å². The van der Waals surface area contributed by atoms with E-state index in [1.54, 1.807) is 24.0 Å². The third kappa shape index (κ3) is 3.09. The van der Waals surface area contributed by atoms with Crippen LogP contribution in [0.4, 0.5) is 0 Å². The Hall–Kier alpha value is -1.84. The molecule has 1 aromatic carbocycles. The van der Waals surface area contributed by atoms with Gasteiger partial charge in [0.25, 0.3) is 5.91 Å². The van der Waals surface area contributed by atoms with Crippen molar-refractivity contribution in [3.8, 4) is 0 Å². The Balaban J connectivity index is 2.06. The zero-order chi connectivity index (χ0) is 13.0. The molecule has 96 valence electrons. The van der Waals surface area contributed by atoms with Crippen molar-refractivity contribution in [1.29, 1.82) is 0 Å². The van der Waals surface area contributed by atoms with Gasteiger partial charge in [0.05, 0.1) is 6.61 Å². The fourth-order valence-corrected chi connectivity index (χ4v) is 1.85. The van der Waals surface area contributed by atoms with Gasteiger partial charge in [-0.1, -0.05) is 18.2 Å². The van der Waals surface area contributed by atoms with Gasteiger partial charge in [-0.15, -0.1) is 0 Å². The third-order valence-electron chi connectivity index (χ3n) is 2.87. The van der Waals surface area contributed by atoms with Gasteiger partial charge in [-0.05, 0) is 31.9 Å². The SMILES string of the molecule is CCOC(=O)CN(C(=O)c1ccccc1)C1CC1. The summed E-state index contributed by atoms with van der Waals surface area (Å²) in [6.45, 7) is 2.15. The van der Waals surface area contributed by atoms with Crippen molar-refractivity contribution >= 4 is 11.9 Å². The Kier molecular flexibility index (Phi) is 3.97. The molecule has 1 aromatic rings. The fourth-order valence-electron chi connectivity index (χ4n) is 1.85. The average Bonchev–Trinajstić information content (AvgIpc) is 3.21. The van der Waals surface area contributed by atoms with Crippen LogP contribution in [0.5, 0.6) is 0 Å². The van der Waals surface area contributed by atoms with E-state index in [1.165, 1.54) is 0 Å². The topological polar surface area (TPSA) is 46.6 Å². The molecule has 0 N–H and O–H groups in total. The summed E-state index contributed by atoms with van der Waals surface area (Å²) < 4.78 is 4.90. The van der Waals surface area contributed by atoms with Crippen molar-refractivity contribution < 1.29 is 14.3 Å². The second kappa shape index (κ2) is 5.67. The molecule has 1 aliphatic rings. The number of hydrogen-bond acceptors (Lipinski definition) is 3. The fraction of sp³-hybridized carbons (Fsp3) is 0.429. The van der Waals surface area contributed by atoms with E-state index in [2.05, 4.69) is 0 Å². The van der Waals surface area contributed by atoms with E-state index in [9.17, 15) is 9.59 Å². The van der Waals surface area contributed by atoms with Crippen LogP contribution in [0.15, 0.2) is 30.3 Å². The normalized spacial score (nSPS) is 14.1. The molecule has 4 heteroatoms. The second-order valence-electron chi connectivity index (χ2n) is 4.34. The van der Waals surface area contributed by atoms with Gasteiger partial charge in [0.15, 0.2) is 0 Å². The summed E-state index contributed by atoms with van der Waals surface area (Å²) in [5, 5.41) is 0. The van der Waals surface area contributed by atoms with Gasteiger partial charge in [-0.3, -0.25) is 9.59 Å². The first-order chi connectivity index (χ1) is 8.72. The average molecular weight is 247 g/mol. The lowest BCUT2D eigenvalue weighted by molar-refractivity contribution is -0.144. The molecule has 0 saturated heterocycles. The third-order valence-corrected chi connectivity index (χ3v) is 2.87. The molecule has 0 atom stereocenters. The Morgan fingerprint density at radius 3 is 2.50 bits per heavy atom. The Labute approximate surface area is 107 Å². The molecule has 0 spiro atoms. The summed E-state index contributed by atoms with van der Waals surface area (Å²) in [6, 6.07) is 9.24. The minimum absolute atomic E-state index is 0.0479. The van der Waals surface area contributed by atoms with Crippen LogP contribution in [0.2, 0.25) is 0 Å². The molecule has 0 bridgehead atoms. The molecule has 1 saturated carbocycles. The van der Waals surface area contributed by atoms with E-state index < -0.39 is 0 Å². The molecule has 1 aliphatic carbocycles. The van der Waals surface area contributed by atoms with E-state index in [4.69, 9.17) is 4.74 Å². The highest BCUT2D eigenvalue weighted by molar-refractivity contribution is 5.96. The number of hydrogen-bond donors (Lipinski definition) is 0. The number of rotatable bonds is 5. The highest BCUT2D eigenvalue weighted by atomic mass is 16.5. The lowest BCUT2D eigenvalue weighted by atomic mass is 10.2. The van der Waals surface area contributed by atoms with Gasteiger partial charge in [-0.2, -0.15) is 0 Å². The molecule has 0 aromatic heterocycles. The maximum atomic E-state index is 12.3. The molecule has 1 amide bonds. The van der Waals surface area contributed by atoms with E-state index in [0.29, 0.717) is 12.2 Å². The number of nitrogens with zero attached hydrogens (tertiary/aromatic N) is 1. The van der Waals surface area contributed by atoms with Gasteiger partial charge in [0.2, 0.25) is 0 Å². The number of ether oxygens (including phenoxy) is 1. The first-order valence-electron chi connectivity index (χ1n) is 6.24. The maximum absolute atomic E-state index is 12.3. The highest BCUT2D eigenvalue weighted by Gasteiger charge is 2.34. The summed E-state index contributed by atoms with van der Waals surface area (Å²) >= 11 is 0. The van der Waals surface area contributed by atoms with Crippen LogP contribution in [-0.2, 0) is 9.53 Å². The summed E-state index contributed by atoms with van der Waals surface area (Å²) in [5.41, 5.74) is 0.619. The van der Waals surface area contributed by atoms with E-state index in [1.807, 2.05) is 18.2 Å². The second-order valence-corrected chi connectivity index (χ2v) is 4.34. The van der Waals surface area contributed by atoms with Gasteiger partial charge in [0, 0.05) is 11.6 Å². The Morgan fingerprint density at radius 2 is 1.94 bits per heavy atom. The number of carbonyl (C=O) groups is 2. The van der Waals surface area contributed by atoms with Gasteiger partial charge >= 0.3 is 5.97 Å². The number of carbonyl (C=O) groups excluding carboxylic acids is 2. The lowest BCUT2D eigenvalue weighted by Crippen LogP contribution is -2.38. The van der Waals surface area contributed by atoms with E-state index in [-0.39, 0.29) is 24.5 Å². The minimum Gasteiger partial charge on any atom is -0.465 e. The molecule has 2 rings (SSSR count). The van der Waals surface area contributed by atoms with Crippen molar-refractivity contribution in [1.82, 2.24) is 4.90 Å². The Bertz CT molecular complexity index is 426. The molecule has 0 radical (unpaired) electrons. The molecule has 1 fully saturated rings. The molecule has 0 heterocycles. The molecule has 18 heavy (non-hydrogen) atoms. The summed E-state index contributed by atoms with van der Waals surface area (Å²) in [5.74, 6) is -0.431. The van der Waals surface area contributed by atoms with Crippen LogP contribution in [0.3, 0.4) is 0 Å². The zero-order valence-corrected chi connectivity index (χ0v) is 10.5. The predicted octanol–water partition coefficient (Wildman–Crippen LogP) is 1.85. The molecule has 0 aliphatic heterocycles. The Morgan fingerprint density at radius 1 is 1.28 bits per heavy atom. The first kappa shape index (κ1) is 12.6. The van der Waals surface area contributed by atoms with Crippen molar-refractivity contribution in [2.45, 2.75) is 25.8 Å². The van der Waals surface area contributed by atoms with E-state index in [0.717, 1.165) is 12.8 Å². The summed E-state index contributed by atoms with van der Waals surface area (Å²) in [6.07, 6.45) is 1.94. The molecule has 4 nitrogen and oxygen atoms in total. The standard InChI is InChI=1S/C14H17NO3/c1-2-18-13(16)10-15(12-8-9-12)14(17)11-6-4-3-5-7-11/h3-7,12H,2,8-10H2,1H3. The monoisotopic (exact) mass is 247 g/mol. The lowest BCUT2D eigenvalue weighted by Gasteiger charge is -2.21. The molecular formula is C14H17NO3. The van der Waals surface area contributed by atoms with Crippen molar-refractivity contribution in [3.63, 3.8) is 0 Å². The maximum Gasteiger partial charge on any atom is 0.325 e. The van der Waals surface area contributed by atoms with Gasteiger partial charge in [0.1, 0.15) is 6.54 Å². The smallest absolute Gasteiger partial charge is 0.325 e. The summed E-state index contributed by atoms with van der Waals surface area (Å²) in [4.78, 5) is 25.4. The van der Waals surface area contributed by atoms with Gasteiger partial charge < -0.3 is 9.64 Å². The van der Waals surface area contributed by atoms with Crippen molar-refractivity contribution in [3.05, 3.63) is 35.9 Å². The zero-order valence-electron chi connectivity index (χ0n) is 10.5. The molecule has 0 unspecified atom stereocenters. The molecular weight excluding hydrogens is 230 g/mol. The number of esters is 1. The quantitative estimate of drug-likeness (QED) is 0.746. The highest BCUT2D eigenvalue weighted by Crippen LogP contribution is 2.28.